The van der Waals surface area contributed by atoms with Gasteiger partial charge in [0, 0.05) is 11.4 Å². The third-order valence-corrected chi connectivity index (χ3v) is 5.23. The zero-order chi connectivity index (χ0) is 24.9. The summed E-state index contributed by atoms with van der Waals surface area (Å²) in [7, 11) is 0. The molecule has 10 nitrogen and oxygen atoms in total. The SMILES string of the molecule is Cc1cc(C)n2nc(C(=O)OCC(=O)Nc3ccccc3C(=O)NC(C)c3ccccc3)nc2n1. The first-order chi connectivity index (χ1) is 16.8. The minimum atomic E-state index is -0.856. The van der Waals surface area contributed by atoms with E-state index in [4.69, 9.17) is 4.74 Å². The van der Waals surface area contributed by atoms with Crippen LogP contribution in [-0.4, -0.2) is 44.0 Å². The molecular weight excluding hydrogens is 448 g/mol. The van der Waals surface area contributed by atoms with Crippen molar-refractivity contribution in [3.8, 4) is 0 Å². The highest BCUT2D eigenvalue weighted by Crippen LogP contribution is 2.18. The van der Waals surface area contributed by atoms with Crippen molar-refractivity contribution >= 4 is 29.2 Å². The van der Waals surface area contributed by atoms with Gasteiger partial charge >= 0.3 is 5.97 Å². The normalized spacial score (nSPS) is 11.6. The number of ether oxygens (including phenoxy) is 1. The number of benzene rings is 2. The molecule has 2 aromatic heterocycles. The maximum Gasteiger partial charge on any atom is 0.378 e. The summed E-state index contributed by atoms with van der Waals surface area (Å²) in [6.07, 6.45) is 0. The van der Waals surface area contributed by atoms with Crippen LogP contribution in [0.3, 0.4) is 0 Å². The Kier molecular flexibility index (Phi) is 6.81. The predicted octanol–water partition coefficient (Wildman–Crippen LogP) is 3.03. The van der Waals surface area contributed by atoms with Gasteiger partial charge in [0.25, 0.3) is 23.4 Å². The smallest absolute Gasteiger partial charge is 0.378 e. The van der Waals surface area contributed by atoms with Gasteiger partial charge in [0.2, 0.25) is 0 Å². The lowest BCUT2D eigenvalue weighted by atomic mass is 10.1. The van der Waals surface area contributed by atoms with Crippen LogP contribution in [0.2, 0.25) is 0 Å². The number of aromatic nitrogens is 4. The largest absolute Gasteiger partial charge is 0.450 e. The number of para-hydroxylation sites is 1. The van der Waals surface area contributed by atoms with Crippen LogP contribution in [0.25, 0.3) is 5.78 Å². The summed E-state index contributed by atoms with van der Waals surface area (Å²) < 4.78 is 6.49. The van der Waals surface area contributed by atoms with Gasteiger partial charge in [-0.15, -0.1) is 5.10 Å². The molecule has 2 heterocycles. The second-order valence-corrected chi connectivity index (χ2v) is 7.96. The first-order valence-corrected chi connectivity index (χ1v) is 10.9. The molecule has 0 aliphatic carbocycles. The number of carbonyl (C=O) groups is 3. The number of fused-ring (bicyclic) bond motifs is 1. The summed E-state index contributed by atoms with van der Waals surface area (Å²) in [6.45, 7) is 4.92. The summed E-state index contributed by atoms with van der Waals surface area (Å²) in [5.41, 5.74) is 3.03. The van der Waals surface area contributed by atoms with E-state index < -0.39 is 18.5 Å². The fourth-order valence-electron chi connectivity index (χ4n) is 3.52. The molecule has 4 rings (SSSR count). The Bertz CT molecular complexity index is 1400. The maximum atomic E-state index is 12.8. The molecule has 0 fully saturated rings. The van der Waals surface area contributed by atoms with E-state index in [2.05, 4.69) is 25.7 Å². The Labute approximate surface area is 201 Å². The summed E-state index contributed by atoms with van der Waals surface area (Å²) in [4.78, 5) is 46.0. The van der Waals surface area contributed by atoms with E-state index >= 15 is 0 Å². The van der Waals surface area contributed by atoms with Crippen LogP contribution in [0, 0.1) is 13.8 Å². The number of amides is 2. The fourth-order valence-corrected chi connectivity index (χ4v) is 3.52. The number of nitrogens with one attached hydrogen (secondary N) is 2. The number of carbonyl (C=O) groups excluding carboxylic acids is 3. The molecule has 178 valence electrons. The minimum absolute atomic E-state index is 0.200. The standard InChI is InChI=1S/C25H24N6O4/c1-15-13-16(2)31-25(26-15)29-22(30-31)24(34)35-14-21(32)28-20-12-8-7-11-19(20)23(33)27-17(3)18-9-5-4-6-10-18/h4-13,17H,14H2,1-3H3,(H,27,33)(H,28,32). The van der Waals surface area contributed by atoms with Crippen LogP contribution in [-0.2, 0) is 9.53 Å². The molecule has 0 bridgehead atoms. The van der Waals surface area contributed by atoms with Crippen molar-refractivity contribution in [3.05, 3.63) is 89.0 Å². The van der Waals surface area contributed by atoms with Gasteiger partial charge in [-0.2, -0.15) is 4.98 Å². The van der Waals surface area contributed by atoms with Crippen LogP contribution in [0.5, 0.6) is 0 Å². The highest BCUT2D eigenvalue weighted by Gasteiger charge is 2.19. The Morgan fingerprint density at radius 3 is 2.49 bits per heavy atom. The van der Waals surface area contributed by atoms with Crippen molar-refractivity contribution in [3.63, 3.8) is 0 Å². The van der Waals surface area contributed by atoms with Crippen molar-refractivity contribution in [1.29, 1.82) is 0 Å². The van der Waals surface area contributed by atoms with Crippen molar-refractivity contribution < 1.29 is 19.1 Å². The number of rotatable bonds is 7. The van der Waals surface area contributed by atoms with Crippen molar-refractivity contribution in [1.82, 2.24) is 24.9 Å². The molecule has 0 aliphatic heterocycles. The number of hydrogen-bond donors (Lipinski definition) is 2. The van der Waals surface area contributed by atoms with Gasteiger partial charge in [-0.05, 0) is 44.5 Å². The monoisotopic (exact) mass is 472 g/mol. The number of anilines is 1. The predicted molar refractivity (Wildman–Crippen MR) is 128 cm³/mol. The van der Waals surface area contributed by atoms with Gasteiger partial charge < -0.3 is 15.4 Å². The molecule has 10 heteroatoms. The molecule has 2 N–H and O–H groups in total. The lowest BCUT2D eigenvalue weighted by molar-refractivity contribution is -0.119. The van der Waals surface area contributed by atoms with Crippen LogP contribution in [0.1, 0.15) is 50.9 Å². The quantitative estimate of drug-likeness (QED) is 0.396. The van der Waals surface area contributed by atoms with Crippen molar-refractivity contribution in [2.45, 2.75) is 26.8 Å². The number of hydrogen-bond acceptors (Lipinski definition) is 7. The average Bonchev–Trinajstić information content (AvgIpc) is 3.28. The molecular formula is C25H24N6O4. The molecule has 1 unspecified atom stereocenters. The van der Waals surface area contributed by atoms with Crippen LogP contribution in [0.4, 0.5) is 5.69 Å². The highest BCUT2D eigenvalue weighted by molar-refractivity contribution is 6.04. The molecule has 1 atom stereocenters. The fraction of sp³-hybridized carbons (Fsp3) is 0.200. The average molecular weight is 473 g/mol. The number of aryl methyl sites for hydroxylation is 2. The van der Waals surface area contributed by atoms with E-state index in [9.17, 15) is 14.4 Å². The van der Waals surface area contributed by atoms with Gasteiger partial charge in [0.15, 0.2) is 6.61 Å². The third-order valence-electron chi connectivity index (χ3n) is 5.23. The summed E-state index contributed by atoms with van der Waals surface area (Å²) >= 11 is 0. The highest BCUT2D eigenvalue weighted by atomic mass is 16.5. The van der Waals surface area contributed by atoms with E-state index in [1.807, 2.05) is 51.1 Å². The lowest BCUT2D eigenvalue weighted by Crippen LogP contribution is -2.28. The third kappa shape index (κ3) is 5.49. The molecule has 2 aromatic carbocycles. The van der Waals surface area contributed by atoms with E-state index in [1.165, 1.54) is 4.52 Å². The second kappa shape index (κ2) is 10.1. The topological polar surface area (TPSA) is 128 Å². The van der Waals surface area contributed by atoms with Crippen molar-refractivity contribution in [2.24, 2.45) is 0 Å². The van der Waals surface area contributed by atoms with Gasteiger partial charge in [-0.1, -0.05) is 42.5 Å². The molecule has 0 radical (unpaired) electrons. The molecule has 0 saturated heterocycles. The number of nitrogens with zero attached hydrogens (tertiary/aromatic N) is 4. The Hall–Kier alpha value is -4.60. The maximum absolute atomic E-state index is 12.8. The number of esters is 1. The Balaban J connectivity index is 1.38. The van der Waals surface area contributed by atoms with Gasteiger partial charge in [-0.3, -0.25) is 9.59 Å². The van der Waals surface area contributed by atoms with E-state index in [1.54, 1.807) is 30.3 Å². The molecule has 35 heavy (non-hydrogen) atoms. The molecule has 0 aliphatic rings. The zero-order valence-corrected chi connectivity index (χ0v) is 19.5. The van der Waals surface area contributed by atoms with Crippen molar-refractivity contribution in [2.75, 3.05) is 11.9 Å². The summed E-state index contributed by atoms with van der Waals surface area (Å²) in [5, 5.41) is 9.63. The summed E-state index contributed by atoms with van der Waals surface area (Å²) in [5.74, 6) is -1.74. The van der Waals surface area contributed by atoms with Crippen LogP contribution in [0.15, 0.2) is 60.7 Å². The second-order valence-electron chi connectivity index (χ2n) is 7.96. The lowest BCUT2D eigenvalue weighted by Gasteiger charge is -2.16. The van der Waals surface area contributed by atoms with Gasteiger partial charge in [0.1, 0.15) is 0 Å². The van der Waals surface area contributed by atoms with Crippen LogP contribution < -0.4 is 10.6 Å². The molecule has 0 spiro atoms. The zero-order valence-electron chi connectivity index (χ0n) is 19.5. The van der Waals surface area contributed by atoms with E-state index in [-0.39, 0.29) is 29.1 Å². The molecule has 4 aromatic rings. The minimum Gasteiger partial charge on any atom is -0.450 e. The van der Waals surface area contributed by atoms with Gasteiger partial charge in [0.05, 0.1) is 17.3 Å². The first kappa shape index (κ1) is 23.6. The molecule has 0 saturated carbocycles. The Morgan fingerprint density at radius 2 is 1.71 bits per heavy atom. The first-order valence-electron chi connectivity index (χ1n) is 10.9. The van der Waals surface area contributed by atoms with E-state index in [0.29, 0.717) is 5.69 Å². The Morgan fingerprint density at radius 1 is 1.00 bits per heavy atom. The molecule has 2 amide bonds. The summed E-state index contributed by atoms with van der Waals surface area (Å²) in [6, 6.07) is 17.7. The van der Waals surface area contributed by atoms with E-state index in [0.717, 1.165) is 17.0 Å². The van der Waals surface area contributed by atoms with Crippen LogP contribution >= 0.6 is 0 Å². The van der Waals surface area contributed by atoms with Gasteiger partial charge in [-0.25, -0.2) is 14.3 Å².